The lowest BCUT2D eigenvalue weighted by Crippen LogP contribution is -2.50. The summed E-state index contributed by atoms with van der Waals surface area (Å²) in [5.74, 6) is -0.580. The van der Waals surface area contributed by atoms with Crippen molar-refractivity contribution in [3.05, 3.63) is 14.7 Å². The third kappa shape index (κ3) is 4.72. The number of nitrogens with two attached hydrogens (primary N) is 1. The number of primary amides is 1. The molecule has 0 aliphatic carbocycles. The molecule has 2 amide bonds. The van der Waals surface area contributed by atoms with Gasteiger partial charge >= 0.3 is 0 Å². The van der Waals surface area contributed by atoms with Gasteiger partial charge in [-0.3, -0.25) is 19.4 Å². The molecule has 0 aromatic carbocycles. The van der Waals surface area contributed by atoms with E-state index in [2.05, 4.69) is 51.8 Å². The van der Waals surface area contributed by atoms with Crippen LogP contribution in [0.25, 0.3) is 0 Å². The predicted molar refractivity (Wildman–Crippen MR) is 113 cm³/mol. The van der Waals surface area contributed by atoms with Gasteiger partial charge in [0.1, 0.15) is 4.88 Å². The number of carbonyl (C=O) groups excluding carboxylic acids is 2. The van der Waals surface area contributed by atoms with Crippen molar-refractivity contribution < 1.29 is 9.59 Å². The normalized spacial score (nSPS) is 24.9. The first-order valence-corrected chi connectivity index (χ1v) is 11.2. The minimum atomic E-state index is -0.522. The number of anilines is 1. The quantitative estimate of drug-likeness (QED) is 0.728. The molecule has 2 atom stereocenters. The van der Waals surface area contributed by atoms with Crippen LogP contribution in [0, 0.1) is 0 Å². The fourth-order valence-corrected chi connectivity index (χ4v) is 5.61. The lowest BCUT2D eigenvalue weighted by atomic mass is 10.0. The maximum atomic E-state index is 13.2. The highest BCUT2D eigenvalue weighted by atomic mass is 79.9. The van der Waals surface area contributed by atoms with E-state index in [0.29, 0.717) is 16.6 Å². The second kappa shape index (κ2) is 8.19. The molecule has 2 fully saturated rings. The van der Waals surface area contributed by atoms with Crippen molar-refractivity contribution in [3.63, 3.8) is 0 Å². The van der Waals surface area contributed by atoms with Gasteiger partial charge in [-0.1, -0.05) is 6.42 Å². The standard InChI is InChI=1S/C19H29BrN4O2S/c1-19(2,3)24-11-12(23-7-5-4-6-8-23)9-14(24)18(26)22-13-10-15(20)27-16(13)17(21)25/h10,12,14H,4-9,11H2,1-3H3,(H2,21,25)(H,22,26)/t12?,14-/m0/s1. The molecule has 1 unspecified atom stereocenters. The van der Waals surface area contributed by atoms with Crippen LogP contribution < -0.4 is 11.1 Å². The SMILES string of the molecule is CC(C)(C)N1CC(N2CCCCC2)C[C@H]1C(=O)Nc1cc(Br)sc1C(N)=O. The van der Waals surface area contributed by atoms with Gasteiger partial charge in [-0.2, -0.15) is 0 Å². The minimum Gasteiger partial charge on any atom is -0.365 e. The van der Waals surface area contributed by atoms with Crippen molar-refractivity contribution in [3.8, 4) is 0 Å². The molecule has 3 heterocycles. The van der Waals surface area contributed by atoms with E-state index >= 15 is 0 Å². The fraction of sp³-hybridized carbons (Fsp3) is 0.684. The van der Waals surface area contributed by atoms with Crippen LogP contribution in [0.2, 0.25) is 0 Å². The Balaban J connectivity index is 1.77. The van der Waals surface area contributed by atoms with E-state index in [9.17, 15) is 9.59 Å². The number of carbonyl (C=O) groups is 2. The maximum absolute atomic E-state index is 13.2. The molecule has 0 spiro atoms. The zero-order valence-electron chi connectivity index (χ0n) is 16.3. The monoisotopic (exact) mass is 456 g/mol. The Morgan fingerprint density at radius 1 is 1.26 bits per heavy atom. The van der Waals surface area contributed by atoms with E-state index in [1.165, 1.54) is 30.6 Å². The molecule has 6 nitrogen and oxygen atoms in total. The predicted octanol–water partition coefficient (Wildman–Crippen LogP) is 3.28. The number of piperidine rings is 1. The van der Waals surface area contributed by atoms with Gasteiger partial charge in [0.25, 0.3) is 5.91 Å². The number of nitrogens with one attached hydrogen (secondary N) is 1. The Labute approximate surface area is 173 Å². The van der Waals surface area contributed by atoms with Gasteiger partial charge in [0, 0.05) is 18.1 Å². The molecule has 0 bridgehead atoms. The average molecular weight is 457 g/mol. The van der Waals surface area contributed by atoms with Crippen molar-refractivity contribution in [2.75, 3.05) is 25.0 Å². The zero-order chi connectivity index (χ0) is 19.8. The summed E-state index contributed by atoms with van der Waals surface area (Å²) < 4.78 is 0.775. The zero-order valence-corrected chi connectivity index (χ0v) is 18.7. The van der Waals surface area contributed by atoms with E-state index in [0.717, 1.165) is 29.8 Å². The molecule has 150 valence electrons. The van der Waals surface area contributed by atoms with Gasteiger partial charge in [-0.05, 0) is 75.1 Å². The Morgan fingerprint density at radius 2 is 1.93 bits per heavy atom. The molecule has 0 saturated carbocycles. The first-order valence-electron chi connectivity index (χ1n) is 9.57. The van der Waals surface area contributed by atoms with Crippen LogP contribution in [0.4, 0.5) is 5.69 Å². The van der Waals surface area contributed by atoms with E-state index in [1.807, 2.05) is 0 Å². The molecule has 2 aliphatic heterocycles. The van der Waals surface area contributed by atoms with Crippen molar-refractivity contribution in [2.24, 2.45) is 5.73 Å². The number of hydrogen-bond acceptors (Lipinski definition) is 5. The molecule has 0 radical (unpaired) electrons. The Hall–Kier alpha value is -0.960. The third-order valence-corrected chi connectivity index (χ3v) is 7.19. The van der Waals surface area contributed by atoms with Crippen molar-refractivity contribution >= 4 is 44.8 Å². The van der Waals surface area contributed by atoms with Crippen LogP contribution in [0.5, 0.6) is 0 Å². The molecule has 27 heavy (non-hydrogen) atoms. The molecular weight excluding hydrogens is 428 g/mol. The molecular formula is C19H29BrN4O2S. The molecule has 1 aromatic rings. The van der Waals surface area contributed by atoms with Crippen molar-refractivity contribution in [1.82, 2.24) is 9.80 Å². The molecule has 2 saturated heterocycles. The summed E-state index contributed by atoms with van der Waals surface area (Å²) in [6.07, 6.45) is 4.61. The second-order valence-corrected chi connectivity index (χ2v) is 10.9. The Morgan fingerprint density at radius 3 is 2.52 bits per heavy atom. The van der Waals surface area contributed by atoms with Gasteiger partial charge in [0.05, 0.1) is 15.5 Å². The number of nitrogens with zero attached hydrogens (tertiary/aromatic N) is 2. The number of thiophene rings is 1. The van der Waals surface area contributed by atoms with Crippen LogP contribution in [0.15, 0.2) is 9.85 Å². The largest absolute Gasteiger partial charge is 0.365 e. The maximum Gasteiger partial charge on any atom is 0.260 e. The Bertz CT molecular complexity index is 709. The highest BCUT2D eigenvalue weighted by Crippen LogP contribution is 2.34. The first kappa shape index (κ1) is 20.8. The summed E-state index contributed by atoms with van der Waals surface area (Å²) in [6, 6.07) is 1.95. The second-order valence-electron chi connectivity index (χ2n) is 8.47. The number of halogens is 1. The van der Waals surface area contributed by atoms with E-state index in [4.69, 9.17) is 5.73 Å². The van der Waals surface area contributed by atoms with Gasteiger partial charge in [-0.15, -0.1) is 11.3 Å². The first-order chi connectivity index (χ1) is 12.7. The van der Waals surface area contributed by atoms with Gasteiger partial charge in [-0.25, -0.2) is 0 Å². The van der Waals surface area contributed by atoms with E-state index in [-0.39, 0.29) is 17.5 Å². The van der Waals surface area contributed by atoms with E-state index in [1.54, 1.807) is 6.07 Å². The summed E-state index contributed by atoms with van der Waals surface area (Å²) in [6.45, 7) is 9.61. The summed E-state index contributed by atoms with van der Waals surface area (Å²) >= 11 is 4.61. The topological polar surface area (TPSA) is 78.7 Å². The van der Waals surface area contributed by atoms with Crippen LogP contribution >= 0.6 is 27.3 Å². The van der Waals surface area contributed by atoms with Gasteiger partial charge in [0.15, 0.2) is 0 Å². The van der Waals surface area contributed by atoms with Crippen LogP contribution in [0.1, 0.15) is 56.1 Å². The third-order valence-electron chi connectivity index (χ3n) is 5.53. The lowest BCUT2D eigenvalue weighted by Gasteiger charge is -2.37. The summed E-state index contributed by atoms with van der Waals surface area (Å²) in [5.41, 5.74) is 5.85. The average Bonchev–Trinajstić information content (AvgIpc) is 3.19. The smallest absolute Gasteiger partial charge is 0.260 e. The van der Waals surface area contributed by atoms with Crippen LogP contribution in [-0.2, 0) is 4.79 Å². The number of hydrogen-bond donors (Lipinski definition) is 2. The lowest BCUT2D eigenvalue weighted by molar-refractivity contribution is -0.121. The van der Waals surface area contributed by atoms with Gasteiger partial charge in [0.2, 0.25) is 5.91 Å². The van der Waals surface area contributed by atoms with Crippen LogP contribution in [-0.4, -0.2) is 58.9 Å². The number of amides is 2. The summed E-state index contributed by atoms with van der Waals surface area (Å²) in [7, 11) is 0. The molecule has 2 aliphatic rings. The molecule has 1 aromatic heterocycles. The molecule has 3 rings (SSSR count). The fourth-order valence-electron chi connectivity index (χ4n) is 4.20. The van der Waals surface area contributed by atoms with Crippen molar-refractivity contribution in [1.29, 1.82) is 0 Å². The number of rotatable bonds is 4. The van der Waals surface area contributed by atoms with E-state index < -0.39 is 5.91 Å². The highest BCUT2D eigenvalue weighted by molar-refractivity contribution is 9.11. The molecule has 8 heteroatoms. The summed E-state index contributed by atoms with van der Waals surface area (Å²) in [4.78, 5) is 30.0. The summed E-state index contributed by atoms with van der Waals surface area (Å²) in [5, 5.41) is 2.96. The minimum absolute atomic E-state index is 0.0581. The number of likely N-dealkylation sites (tertiary alicyclic amines) is 2. The molecule has 3 N–H and O–H groups in total. The van der Waals surface area contributed by atoms with Crippen molar-refractivity contribution in [2.45, 2.75) is 64.1 Å². The van der Waals surface area contributed by atoms with Crippen LogP contribution in [0.3, 0.4) is 0 Å². The Kier molecular flexibility index (Phi) is 6.30. The highest BCUT2D eigenvalue weighted by Gasteiger charge is 2.44. The van der Waals surface area contributed by atoms with Gasteiger partial charge < -0.3 is 11.1 Å².